The van der Waals surface area contributed by atoms with E-state index in [0.717, 1.165) is 12.1 Å². The van der Waals surface area contributed by atoms with Gasteiger partial charge in [-0.15, -0.1) is 6.58 Å². The molecule has 0 N–H and O–H groups in total. The van der Waals surface area contributed by atoms with Gasteiger partial charge in [-0.25, -0.2) is 0 Å². The first-order valence-corrected chi connectivity index (χ1v) is 7.79. The van der Waals surface area contributed by atoms with Gasteiger partial charge in [-0.1, -0.05) is 24.3 Å². The molecule has 1 heterocycles. The van der Waals surface area contributed by atoms with E-state index >= 15 is 0 Å². The Balaban J connectivity index is 1.54. The number of nitrogens with zero attached hydrogens (tertiary/aromatic N) is 1. The second kappa shape index (κ2) is 3.65. The molecule has 4 fully saturated rings. The molecule has 0 radical (unpaired) electrons. The van der Waals surface area contributed by atoms with Crippen molar-refractivity contribution in [3.63, 3.8) is 0 Å². The number of amides is 2. The minimum atomic E-state index is -0.0612. The van der Waals surface area contributed by atoms with Gasteiger partial charge in [0.2, 0.25) is 11.8 Å². The molecule has 3 aliphatic carbocycles. The fourth-order valence-corrected chi connectivity index (χ4v) is 5.69. The van der Waals surface area contributed by atoms with Crippen LogP contribution in [0, 0.1) is 41.4 Å². The van der Waals surface area contributed by atoms with E-state index in [9.17, 15) is 9.59 Å². The van der Waals surface area contributed by atoms with Crippen LogP contribution >= 0.6 is 0 Å². The molecule has 1 aromatic carbocycles. The summed E-state index contributed by atoms with van der Waals surface area (Å²) < 4.78 is 0. The van der Waals surface area contributed by atoms with Crippen molar-refractivity contribution in [2.24, 2.45) is 41.4 Å². The maximum Gasteiger partial charge on any atom is 0.237 e. The third-order valence-electron chi connectivity index (χ3n) is 6.33. The first kappa shape index (κ1) is 11.7. The molecule has 106 valence electrons. The first-order valence-electron chi connectivity index (χ1n) is 7.79. The third-order valence-corrected chi connectivity index (χ3v) is 6.33. The van der Waals surface area contributed by atoms with Crippen molar-refractivity contribution in [2.45, 2.75) is 6.42 Å². The van der Waals surface area contributed by atoms with Crippen LogP contribution in [0.15, 0.2) is 43.0 Å². The lowest BCUT2D eigenvalue weighted by Gasteiger charge is -2.18. The number of carbonyl (C=O) groups is 2. The predicted molar refractivity (Wildman–Crippen MR) is 78.2 cm³/mol. The second-order valence-electron chi connectivity index (χ2n) is 6.93. The number of rotatable bonds is 2. The number of hydrogen-bond donors (Lipinski definition) is 0. The minimum Gasteiger partial charge on any atom is -0.274 e. The van der Waals surface area contributed by atoms with Crippen molar-refractivity contribution in [3.05, 3.63) is 43.0 Å². The van der Waals surface area contributed by atoms with Crippen molar-refractivity contribution in [1.29, 1.82) is 0 Å². The Morgan fingerprint density at radius 1 is 1.00 bits per heavy atom. The summed E-state index contributed by atoms with van der Waals surface area (Å²) in [5.74, 6) is 2.60. The van der Waals surface area contributed by atoms with Gasteiger partial charge in [-0.3, -0.25) is 14.5 Å². The van der Waals surface area contributed by atoms with Crippen molar-refractivity contribution in [3.8, 4) is 0 Å². The Bertz CT molecular complexity index is 633. The number of benzene rings is 1. The molecule has 2 bridgehead atoms. The second-order valence-corrected chi connectivity index (χ2v) is 6.93. The molecule has 3 heteroatoms. The highest BCUT2D eigenvalue weighted by Gasteiger charge is 2.75. The van der Waals surface area contributed by atoms with Crippen LogP contribution in [0.3, 0.4) is 0 Å². The van der Waals surface area contributed by atoms with Crippen LogP contribution < -0.4 is 4.90 Å². The standard InChI is InChI=1S/C18H17NO2/c1-2-10-13-11-8-12(14(10)13)16-15(11)17(20)19(18(16)21)9-6-4-3-5-7-9/h2-7,10-16H,1,8H2/t10?,11-,12+,13+,14-,15+,16-. The van der Waals surface area contributed by atoms with E-state index in [4.69, 9.17) is 0 Å². The van der Waals surface area contributed by atoms with Crippen molar-refractivity contribution in [2.75, 3.05) is 4.90 Å². The fraction of sp³-hybridized carbons (Fsp3) is 0.444. The maximum atomic E-state index is 12.8. The molecule has 21 heavy (non-hydrogen) atoms. The van der Waals surface area contributed by atoms with Crippen LogP contribution in [0.25, 0.3) is 0 Å². The summed E-state index contributed by atoms with van der Waals surface area (Å²) in [4.78, 5) is 27.1. The van der Waals surface area contributed by atoms with Gasteiger partial charge in [0.1, 0.15) is 0 Å². The highest BCUT2D eigenvalue weighted by atomic mass is 16.2. The van der Waals surface area contributed by atoms with Gasteiger partial charge in [0, 0.05) is 0 Å². The zero-order valence-electron chi connectivity index (χ0n) is 11.7. The molecule has 2 amide bonds. The highest BCUT2D eigenvalue weighted by Crippen LogP contribution is 2.74. The maximum absolute atomic E-state index is 12.8. The number of carbonyl (C=O) groups excluding carboxylic acids is 2. The van der Waals surface area contributed by atoms with Crippen LogP contribution in [-0.4, -0.2) is 11.8 Å². The molecule has 1 saturated heterocycles. The zero-order valence-corrected chi connectivity index (χ0v) is 11.7. The van der Waals surface area contributed by atoms with Gasteiger partial charge in [0.25, 0.3) is 0 Å². The summed E-state index contributed by atoms with van der Waals surface area (Å²) >= 11 is 0. The average Bonchev–Trinajstić information content (AvgIpc) is 2.80. The Morgan fingerprint density at radius 3 is 2.10 bits per heavy atom. The van der Waals surface area contributed by atoms with E-state index in [2.05, 4.69) is 6.58 Å². The fourth-order valence-electron chi connectivity index (χ4n) is 5.69. The number of anilines is 1. The Labute approximate surface area is 123 Å². The largest absolute Gasteiger partial charge is 0.274 e. The Kier molecular flexibility index (Phi) is 2.04. The molecular formula is C18H17NO2. The van der Waals surface area contributed by atoms with Crippen LogP contribution in [0.4, 0.5) is 5.69 Å². The van der Waals surface area contributed by atoms with Crippen molar-refractivity contribution in [1.82, 2.24) is 0 Å². The molecule has 7 atom stereocenters. The summed E-state index contributed by atoms with van der Waals surface area (Å²) in [5.41, 5.74) is 0.732. The Hall–Kier alpha value is -1.90. The smallest absolute Gasteiger partial charge is 0.237 e. The van der Waals surface area contributed by atoms with Gasteiger partial charge >= 0.3 is 0 Å². The topological polar surface area (TPSA) is 37.4 Å². The molecule has 1 aromatic rings. The summed E-state index contributed by atoms with van der Waals surface area (Å²) in [6.07, 6.45) is 3.12. The van der Waals surface area contributed by atoms with Gasteiger partial charge in [0.15, 0.2) is 0 Å². The van der Waals surface area contributed by atoms with E-state index in [1.54, 1.807) is 0 Å². The summed E-state index contributed by atoms with van der Waals surface area (Å²) in [6, 6.07) is 9.37. The van der Waals surface area contributed by atoms with Crippen LogP contribution in [0.1, 0.15) is 6.42 Å². The molecule has 5 rings (SSSR count). The summed E-state index contributed by atoms with van der Waals surface area (Å²) in [7, 11) is 0. The first-order chi connectivity index (χ1) is 10.2. The van der Waals surface area contributed by atoms with E-state index in [1.165, 1.54) is 4.90 Å². The van der Waals surface area contributed by atoms with E-state index in [1.807, 2.05) is 36.4 Å². The van der Waals surface area contributed by atoms with E-state index < -0.39 is 0 Å². The minimum absolute atomic E-state index is 0.0388. The lowest BCUT2D eigenvalue weighted by molar-refractivity contribution is -0.123. The van der Waals surface area contributed by atoms with Crippen LogP contribution in [0.2, 0.25) is 0 Å². The molecule has 3 nitrogen and oxygen atoms in total. The summed E-state index contributed by atoms with van der Waals surface area (Å²) in [6.45, 7) is 3.92. The monoisotopic (exact) mass is 279 g/mol. The molecule has 0 spiro atoms. The number of para-hydroxylation sites is 1. The lowest BCUT2D eigenvalue weighted by Crippen LogP contribution is -2.33. The molecule has 4 aliphatic rings. The normalized spacial score (nSPS) is 45.7. The van der Waals surface area contributed by atoms with E-state index in [-0.39, 0.29) is 23.7 Å². The molecular weight excluding hydrogens is 262 g/mol. The average molecular weight is 279 g/mol. The van der Waals surface area contributed by atoms with Gasteiger partial charge in [0.05, 0.1) is 17.5 Å². The predicted octanol–water partition coefficient (Wildman–Crippen LogP) is 2.49. The molecule has 3 saturated carbocycles. The van der Waals surface area contributed by atoms with Crippen LogP contribution in [-0.2, 0) is 9.59 Å². The van der Waals surface area contributed by atoms with Crippen molar-refractivity contribution < 1.29 is 9.59 Å². The van der Waals surface area contributed by atoms with Crippen LogP contribution in [0.5, 0.6) is 0 Å². The van der Waals surface area contributed by atoms with E-state index in [0.29, 0.717) is 29.6 Å². The van der Waals surface area contributed by atoms with Gasteiger partial charge in [-0.2, -0.15) is 0 Å². The van der Waals surface area contributed by atoms with Gasteiger partial charge in [-0.05, 0) is 48.1 Å². The lowest BCUT2D eigenvalue weighted by atomic mass is 9.81. The zero-order chi connectivity index (χ0) is 14.3. The SMILES string of the molecule is C=CC1[C@@H]2[C@@H]3C[C@@H]([C@@H]4C(=O)N(c5ccccc5)C(=O)[C@H]34)[C@H]12. The number of fused-ring (bicyclic) bond motifs is 8. The third kappa shape index (κ3) is 1.22. The number of allylic oxidation sites excluding steroid dienone is 1. The van der Waals surface area contributed by atoms with Gasteiger partial charge < -0.3 is 0 Å². The highest BCUT2D eigenvalue weighted by molar-refractivity contribution is 6.22. The molecule has 1 aliphatic heterocycles. The summed E-state index contributed by atoms with van der Waals surface area (Å²) in [5, 5.41) is 0. The van der Waals surface area contributed by atoms with Crippen molar-refractivity contribution >= 4 is 17.5 Å². The molecule has 0 aromatic heterocycles. The molecule has 1 unspecified atom stereocenters. The quantitative estimate of drug-likeness (QED) is 0.616. The number of hydrogen-bond acceptors (Lipinski definition) is 2. The number of imide groups is 1. The Morgan fingerprint density at radius 2 is 1.57 bits per heavy atom.